The van der Waals surface area contributed by atoms with Crippen LogP contribution in [0.3, 0.4) is 0 Å². The third-order valence-corrected chi connectivity index (χ3v) is 4.03. The van der Waals surface area contributed by atoms with E-state index < -0.39 is 12.0 Å². The largest absolute Gasteiger partial charge is 0.481 e. The molecule has 5 heteroatoms. The van der Waals surface area contributed by atoms with Gasteiger partial charge in [0.25, 0.3) is 0 Å². The average Bonchev–Trinajstić information content (AvgIpc) is 2.85. The number of hydrogen-bond acceptors (Lipinski definition) is 3. The van der Waals surface area contributed by atoms with Crippen molar-refractivity contribution < 1.29 is 14.7 Å². The topological polar surface area (TPSA) is 83.6 Å². The van der Waals surface area contributed by atoms with Crippen molar-refractivity contribution in [2.75, 3.05) is 0 Å². The van der Waals surface area contributed by atoms with Gasteiger partial charge in [-0.1, -0.05) is 13.3 Å². The molecule has 2 fully saturated rings. The van der Waals surface area contributed by atoms with E-state index in [0.29, 0.717) is 12.8 Å². The highest BCUT2D eigenvalue weighted by atomic mass is 16.4. The Kier molecular flexibility index (Phi) is 3.38. The lowest BCUT2D eigenvalue weighted by molar-refractivity contribution is -0.143. The number of aliphatic carboxylic acids is 1. The Labute approximate surface area is 101 Å². The molecule has 4 atom stereocenters. The molecule has 0 aromatic rings. The summed E-state index contributed by atoms with van der Waals surface area (Å²) in [6, 6.07) is -0.472. The molecular formula is C12H20N2O3. The maximum Gasteiger partial charge on any atom is 0.308 e. The maximum absolute atomic E-state index is 12.2. The van der Waals surface area contributed by atoms with Crippen LogP contribution in [0.1, 0.15) is 39.0 Å². The smallest absolute Gasteiger partial charge is 0.308 e. The lowest BCUT2D eigenvalue weighted by Crippen LogP contribution is -2.47. The minimum absolute atomic E-state index is 0.0527. The summed E-state index contributed by atoms with van der Waals surface area (Å²) in [5.74, 6) is -1.21. The van der Waals surface area contributed by atoms with Crippen LogP contribution in [0.4, 0.5) is 0 Å². The first kappa shape index (κ1) is 12.4. The van der Waals surface area contributed by atoms with Crippen LogP contribution in [0.2, 0.25) is 0 Å². The van der Waals surface area contributed by atoms with Gasteiger partial charge in [0, 0.05) is 12.1 Å². The van der Waals surface area contributed by atoms with Gasteiger partial charge in [-0.15, -0.1) is 0 Å². The fourth-order valence-corrected chi connectivity index (χ4v) is 3.22. The molecule has 0 spiro atoms. The number of carbonyl (C=O) groups excluding carboxylic acids is 1. The van der Waals surface area contributed by atoms with E-state index in [0.717, 1.165) is 19.3 Å². The number of nitrogens with two attached hydrogens (primary N) is 1. The predicted molar refractivity (Wildman–Crippen MR) is 62.3 cm³/mol. The molecule has 2 rings (SSSR count). The molecule has 0 aliphatic carbocycles. The van der Waals surface area contributed by atoms with Crippen LogP contribution < -0.4 is 5.73 Å². The minimum Gasteiger partial charge on any atom is -0.481 e. The number of amides is 1. The molecule has 2 bridgehead atoms. The number of rotatable bonds is 4. The van der Waals surface area contributed by atoms with Gasteiger partial charge in [-0.2, -0.15) is 0 Å². The van der Waals surface area contributed by atoms with E-state index >= 15 is 0 Å². The quantitative estimate of drug-likeness (QED) is 0.752. The Morgan fingerprint density at radius 3 is 2.71 bits per heavy atom. The molecule has 0 radical (unpaired) electrons. The van der Waals surface area contributed by atoms with Gasteiger partial charge in [-0.3, -0.25) is 9.59 Å². The maximum atomic E-state index is 12.2. The standard InChI is InChI=1S/C12H20N2O3/c1-2-3-9(13)11(15)14-7-4-5-10(14)8(6-7)12(16)17/h7-10H,2-6,13H2,1H3,(H,16,17)/t7?,8?,9-,10?/m0/s1. The molecule has 3 N–H and O–H groups in total. The first-order chi connectivity index (χ1) is 8.06. The second-order valence-corrected chi connectivity index (χ2v) is 5.12. The third kappa shape index (κ3) is 2.04. The van der Waals surface area contributed by atoms with Gasteiger partial charge >= 0.3 is 5.97 Å². The molecule has 1 amide bonds. The van der Waals surface area contributed by atoms with Crippen molar-refractivity contribution in [1.29, 1.82) is 0 Å². The van der Waals surface area contributed by atoms with Gasteiger partial charge in [-0.25, -0.2) is 0 Å². The Morgan fingerprint density at radius 2 is 2.18 bits per heavy atom. The number of fused-ring (bicyclic) bond motifs is 2. The molecule has 96 valence electrons. The number of hydrogen-bond donors (Lipinski definition) is 2. The van der Waals surface area contributed by atoms with Crippen molar-refractivity contribution in [3.63, 3.8) is 0 Å². The van der Waals surface area contributed by atoms with Crippen LogP contribution in [0.25, 0.3) is 0 Å². The summed E-state index contributed by atoms with van der Waals surface area (Å²) in [5, 5.41) is 9.11. The normalized spacial score (nSPS) is 32.8. The molecule has 0 aromatic heterocycles. The molecule has 2 aliphatic rings. The lowest BCUT2D eigenvalue weighted by Gasteiger charge is -2.26. The van der Waals surface area contributed by atoms with E-state index in [1.54, 1.807) is 4.90 Å². The van der Waals surface area contributed by atoms with Gasteiger partial charge < -0.3 is 15.7 Å². The summed E-state index contributed by atoms with van der Waals surface area (Å²) in [7, 11) is 0. The molecule has 0 saturated carbocycles. The van der Waals surface area contributed by atoms with E-state index in [4.69, 9.17) is 10.8 Å². The van der Waals surface area contributed by atoms with Crippen LogP contribution in [-0.4, -0.2) is 40.0 Å². The zero-order valence-electron chi connectivity index (χ0n) is 10.1. The molecule has 3 unspecified atom stereocenters. The van der Waals surface area contributed by atoms with Gasteiger partial charge in [0.2, 0.25) is 5.91 Å². The first-order valence-corrected chi connectivity index (χ1v) is 6.36. The van der Waals surface area contributed by atoms with Gasteiger partial charge in [0.15, 0.2) is 0 Å². The summed E-state index contributed by atoms with van der Waals surface area (Å²) in [5.41, 5.74) is 5.84. The minimum atomic E-state index is -0.779. The molecule has 17 heavy (non-hydrogen) atoms. The molecule has 2 aliphatic heterocycles. The number of carboxylic acids is 1. The van der Waals surface area contributed by atoms with Crippen molar-refractivity contribution in [3.8, 4) is 0 Å². The second kappa shape index (κ2) is 4.64. The summed E-state index contributed by atoms with van der Waals surface area (Å²) < 4.78 is 0. The summed E-state index contributed by atoms with van der Waals surface area (Å²) in [6.45, 7) is 1.99. The fourth-order valence-electron chi connectivity index (χ4n) is 3.22. The molecule has 0 aromatic carbocycles. The Morgan fingerprint density at radius 1 is 1.47 bits per heavy atom. The molecule has 2 saturated heterocycles. The Hall–Kier alpha value is -1.10. The average molecular weight is 240 g/mol. The number of carboxylic acid groups (broad SMARTS) is 1. The Balaban J connectivity index is 2.08. The van der Waals surface area contributed by atoms with Crippen LogP contribution in [-0.2, 0) is 9.59 Å². The highest BCUT2D eigenvalue weighted by molar-refractivity contribution is 5.84. The van der Waals surface area contributed by atoms with Crippen molar-refractivity contribution in [3.05, 3.63) is 0 Å². The van der Waals surface area contributed by atoms with Crippen molar-refractivity contribution in [2.45, 2.75) is 57.2 Å². The van der Waals surface area contributed by atoms with Crippen LogP contribution in [0.15, 0.2) is 0 Å². The highest BCUT2D eigenvalue weighted by Gasteiger charge is 2.51. The van der Waals surface area contributed by atoms with Crippen LogP contribution in [0, 0.1) is 5.92 Å². The van der Waals surface area contributed by atoms with Crippen molar-refractivity contribution in [1.82, 2.24) is 4.90 Å². The van der Waals surface area contributed by atoms with E-state index in [2.05, 4.69) is 0 Å². The van der Waals surface area contributed by atoms with Crippen molar-refractivity contribution in [2.24, 2.45) is 11.7 Å². The predicted octanol–water partition coefficient (Wildman–Crippen LogP) is 0.578. The lowest BCUT2D eigenvalue weighted by atomic mass is 9.89. The Bertz CT molecular complexity index is 332. The molecule has 2 heterocycles. The SMILES string of the molecule is CCC[C@H](N)C(=O)N1C2CCC1C(C(=O)O)C2. The fraction of sp³-hybridized carbons (Fsp3) is 0.833. The van der Waals surface area contributed by atoms with Gasteiger partial charge in [0.1, 0.15) is 0 Å². The van der Waals surface area contributed by atoms with Crippen LogP contribution >= 0.6 is 0 Å². The number of nitrogens with zero attached hydrogens (tertiary/aromatic N) is 1. The van der Waals surface area contributed by atoms with E-state index in [1.165, 1.54) is 0 Å². The zero-order chi connectivity index (χ0) is 12.6. The molecular weight excluding hydrogens is 220 g/mol. The summed E-state index contributed by atoms with van der Waals surface area (Å²) in [4.78, 5) is 25.0. The summed E-state index contributed by atoms with van der Waals surface area (Å²) >= 11 is 0. The monoisotopic (exact) mass is 240 g/mol. The van der Waals surface area contributed by atoms with Gasteiger partial charge in [-0.05, 0) is 25.7 Å². The van der Waals surface area contributed by atoms with E-state index in [1.807, 2.05) is 6.92 Å². The van der Waals surface area contributed by atoms with Crippen LogP contribution in [0.5, 0.6) is 0 Å². The highest BCUT2D eigenvalue weighted by Crippen LogP contribution is 2.42. The number of carbonyl (C=O) groups is 2. The van der Waals surface area contributed by atoms with E-state index in [-0.39, 0.29) is 23.9 Å². The van der Waals surface area contributed by atoms with E-state index in [9.17, 15) is 9.59 Å². The second-order valence-electron chi connectivity index (χ2n) is 5.12. The summed E-state index contributed by atoms with van der Waals surface area (Å²) in [6.07, 6.45) is 3.89. The third-order valence-electron chi connectivity index (χ3n) is 4.03. The molecule has 5 nitrogen and oxygen atoms in total. The zero-order valence-corrected chi connectivity index (χ0v) is 10.1. The van der Waals surface area contributed by atoms with Crippen molar-refractivity contribution >= 4 is 11.9 Å². The first-order valence-electron chi connectivity index (χ1n) is 6.36. The van der Waals surface area contributed by atoms with Gasteiger partial charge in [0.05, 0.1) is 12.0 Å².